The summed E-state index contributed by atoms with van der Waals surface area (Å²) < 4.78 is 18.7. The molecule has 1 aromatic heterocycles. The summed E-state index contributed by atoms with van der Waals surface area (Å²) in [4.78, 5) is 18.6. The van der Waals surface area contributed by atoms with Crippen LogP contribution in [0.1, 0.15) is 36.2 Å². The zero-order valence-electron chi connectivity index (χ0n) is 15.1. The van der Waals surface area contributed by atoms with Gasteiger partial charge in [-0.25, -0.2) is 4.39 Å². The molecule has 2 heterocycles. The van der Waals surface area contributed by atoms with Crippen LogP contribution in [0.15, 0.2) is 53.1 Å². The molecule has 0 radical (unpaired) electrons. The summed E-state index contributed by atoms with van der Waals surface area (Å²) in [5.41, 5.74) is 2.92. The highest BCUT2D eigenvalue weighted by Crippen LogP contribution is 2.29. The summed E-state index contributed by atoms with van der Waals surface area (Å²) in [6.07, 6.45) is 1.35. The Bertz CT molecular complexity index is 952. The highest BCUT2D eigenvalue weighted by Gasteiger charge is 2.33. The van der Waals surface area contributed by atoms with Crippen LogP contribution in [0.3, 0.4) is 0 Å². The van der Waals surface area contributed by atoms with Gasteiger partial charge in [-0.1, -0.05) is 42.4 Å². The molecule has 1 amide bonds. The molecule has 1 fully saturated rings. The number of hydrogen-bond acceptors (Lipinski definition) is 4. The van der Waals surface area contributed by atoms with Crippen molar-refractivity contribution in [1.29, 1.82) is 0 Å². The van der Waals surface area contributed by atoms with Crippen LogP contribution in [-0.2, 0) is 17.8 Å². The van der Waals surface area contributed by atoms with Gasteiger partial charge in [0, 0.05) is 31.0 Å². The molecule has 0 aliphatic carbocycles. The van der Waals surface area contributed by atoms with Gasteiger partial charge in [0.05, 0.1) is 0 Å². The molecule has 3 aromatic rings. The van der Waals surface area contributed by atoms with Gasteiger partial charge in [-0.2, -0.15) is 4.98 Å². The average molecular weight is 365 g/mol. The smallest absolute Gasteiger partial charge is 0.258 e. The molecule has 0 spiro atoms. The third-order valence-corrected chi connectivity index (χ3v) is 4.90. The fraction of sp³-hybridized carbons (Fsp3) is 0.286. The molecule has 0 bridgehead atoms. The molecule has 1 atom stereocenters. The lowest BCUT2D eigenvalue weighted by Gasteiger charge is -2.16. The maximum absolute atomic E-state index is 13.4. The molecule has 138 valence electrons. The number of benzene rings is 2. The Labute approximate surface area is 156 Å². The van der Waals surface area contributed by atoms with Crippen molar-refractivity contribution in [3.8, 4) is 11.5 Å². The summed E-state index contributed by atoms with van der Waals surface area (Å²) in [5, 5.41) is 4.02. The van der Waals surface area contributed by atoms with Gasteiger partial charge < -0.3 is 9.42 Å². The molecular weight excluding hydrogens is 345 g/mol. The van der Waals surface area contributed by atoms with E-state index in [4.69, 9.17) is 4.52 Å². The van der Waals surface area contributed by atoms with E-state index in [-0.39, 0.29) is 23.5 Å². The normalized spacial score (nSPS) is 16.9. The predicted molar refractivity (Wildman–Crippen MR) is 98.3 cm³/mol. The van der Waals surface area contributed by atoms with Crippen molar-refractivity contribution in [3.05, 3.63) is 71.3 Å². The van der Waals surface area contributed by atoms with Gasteiger partial charge in [-0.05, 0) is 35.7 Å². The zero-order chi connectivity index (χ0) is 18.8. The molecule has 4 rings (SSSR count). The first-order valence-corrected chi connectivity index (χ1v) is 9.07. The van der Waals surface area contributed by atoms with E-state index in [1.165, 1.54) is 17.7 Å². The van der Waals surface area contributed by atoms with Crippen LogP contribution in [-0.4, -0.2) is 27.5 Å². The van der Waals surface area contributed by atoms with Crippen LogP contribution in [0.4, 0.5) is 4.39 Å². The third-order valence-electron chi connectivity index (χ3n) is 4.90. The van der Waals surface area contributed by atoms with Crippen LogP contribution in [0.25, 0.3) is 11.5 Å². The summed E-state index contributed by atoms with van der Waals surface area (Å²) >= 11 is 0. The van der Waals surface area contributed by atoms with Crippen LogP contribution >= 0.6 is 0 Å². The molecular formula is C21H20FN3O2. The molecule has 1 aliphatic heterocycles. The van der Waals surface area contributed by atoms with Crippen LogP contribution in [0.5, 0.6) is 0 Å². The fourth-order valence-corrected chi connectivity index (χ4v) is 3.34. The number of nitrogens with zero attached hydrogens (tertiary/aromatic N) is 3. The first-order valence-electron chi connectivity index (χ1n) is 9.07. The van der Waals surface area contributed by atoms with Gasteiger partial charge in [0.1, 0.15) is 5.82 Å². The van der Waals surface area contributed by atoms with Gasteiger partial charge in [-0.15, -0.1) is 0 Å². The SMILES string of the molecule is CCc1ccc(CN2CC(c3noc(-c4cccc(F)c4)n3)CC2=O)cc1. The Kier molecular flexibility index (Phi) is 4.71. The second-order valence-corrected chi connectivity index (χ2v) is 6.81. The monoisotopic (exact) mass is 365 g/mol. The number of aromatic nitrogens is 2. The summed E-state index contributed by atoms with van der Waals surface area (Å²) in [7, 11) is 0. The second-order valence-electron chi connectivity index (χ2n) is 6.81. The number of aryl methyl sites for hydroxylation is 1. The van der Waals surface area contributed by atoms with E-state index in [2.05, 4.69) is 41.3 Å². The average Bonchev–Trinajstić information content (AvgIpc) is 3.30. The number of hydrogen-bond donors (Lipinski definition) is 0. The highest BCUT2D eigenvalue weighted by atomic mass is 19.1. The minimum Gasteiger partial charge on any atom is -0.338 e. The second kappa shape index (κ2) is 7.31. The topological polar surface area (TPSA) is 59.2 Å². The highest BCUT2D eigenvalue weighted by molar-refractivity contribution is 5.79. The zero-order valence-corrected chi connectivity index (χ0v) is 15.1. The van der Waals surface area contributed by atoms with Crippen molar-refractivity contribution in [2.75, 3.05) is 6.54 Å². The lowest BCUT2D eigenvalue weighted by atomic mass is 10.1. The largest absolute Gasteiger partial charge is 0.338 e. The predicted octanol–water partition coefficient (Wildman–Crippen LogP) is 3.95. The Balaban J connectivity index is 1.46. The van der Waals surface area contributed by atoms with Crippen molar-refractivity contribution in [1.82, 2.24) is 15.0 Å². The summed E-state index contributed by atoms with van der Waals surface area (Å²) in [6.45, 7) is 3.25. The van der Waals surface area contributed by atoms with Gasteiger partial charge in [0.25, 0.3) is 5.89 Å². The molecule has 5 nitrogen and oxygen atoms in total. The van der Waals surface area contributed by atoms with Gasteiger partial charge in [0.2, 0.25) is 5.91 Å². The Morgan fingerprint density at radius 1 is 1.19 bits per heavy atom. The standard InChI is InChI=1S/C21H20FN3O2/c1-2-14-6-8-15(9-7-14)12-25-13-17(11-19(25)26)20-23-21(27-24-20)16-4-3-5-18(22)10-16/h3-10,17H,2,11-13H2,1H3. The van der Waals surface area contributed by atoms with E-state index in [1.807, 2.05) is 4.90 Å². The quantitative estimate of drug-likeness (QED) is 0.687. The number of amides is 1. The number of carbonyl (C=O) groups is 1. The van der Waals surface area contributed by atoms with Crippen LogP contribution < -0.4 is 0 Å². The molecule has 27 heavy (non-hydrogen) atoms. The fourth-order valence-electron chi connectivity index (χ4n) is 3.34. The molecule has 1 aliphatic rings. The van der Waals surface area contributed by atoms with Crippen molar-refractivity contribution in [3.63, 3.8) is 0 Å². The minimum absolute atomic E-state index is 0.0803. The molecule has 2 aromatic carbocycles. The van der Waals surface area contributed by atoms with Crippen molar-refractivity contribution >= 4 is 5.91 Å². The Morgan fingerprint density at radius 2 is 1.96 bits per heavy atom. The van der Waals surface area contributed by atoms with E-state index in [0.29, 0.717) is 30.9 Å². The maximum Gasteiger partial charge on any atom is 0.258 e. The molecule has 0 saturated carbocycles. The van der Waals surface area contributed by atoms with E-state index in [1.54, 1.807) is 12.1 Å². The van der Waals surface area contributed by atoms with Crippen LogP contribution in [0, 0.1) is 5.82 Å². The van der Waals surface area contributed by atoms with Crippen molar-refractivity contribution in [2.45, 2.75) is 32.2 Å². The van der Waals surface area contributed by atoms with Crippen molar-refractivity contribution < 1.29 is 13.7 Å². The van der Waals surface area contributed by atoms with E-state index < -0.39 is 0 Å². The first-order chi connectivity index (χ1) is 13.1. The molecule has 1 unspecified atom stereocenters. The number of carbonyl (C=O) groups excluding carboxylic acids is 1. The van der Waals surface area contributed by atoms with Gasteiger partial charge in [-0.3, -0.25) is 4.79 Å². The van der Waals surface area contributed by atoms with E-state index >= 15 is 0 Å². The minimum atomic E-state index is -0.358. The number of rotatable bonds is 5. The van der Waals surface area contributed by atoms with Gasteiger partial charge >= 0.3 is 0 Å². The van der Waals surface area contributed by atoms with E-state index in [9.17, 15) is 9.18 Å². The van der Waals surface area contributed by atoms with Gasteiger partial charge in [0.15, 0.2) is 5.82 Å². The first kappa shape index (κ1) is 17.4. The lowest BCUT2D eigenvalue weighted by Crippen LogP contribution is -2.24. The number of halogens is 1. The summed E-state index contributed by atoms with van der Waals surface area (Å²) in [5.74, 6) is 0.371. The molecule has 0 N–H and O–H groups in total. The maximum atomic E-state index is 13.4. The van der Waals surface area contributed by atoms with Crippen LogP contribution in [0.2, 0.25) is 0 Å². The third kappa shape index (κ3) is 3.74. The Hall–Kier alpha value is -3.02. The summed E-state index contributed by atoms with van der Waals surface area (Å²) in [6, 6.07) is 14.3. The van der Waals surface area contributed by atoms with E-state index in [0.717, 1.165) is 12.0 Å². The number of likely N-dealkylation sites (tertiary alicyclic amines) is 1. The lowest BCUT2D eigenvalue weighted by molar-refractivity contribution is -0.128. The molecule has 6 heteroatoms. The van der Waals surface area contributed by atoms with Crippen molar-refractivity contribution in [2.24, 2.45) is 0 Å². The molecule has 1 saturated heterocycles. The Morgan fingerprint density at radius 3 is 2.70 bits per heavy atom.